The number of amides is 1. The number of aryl methyl sites for hydroxylation is 1. The van der Waals surface area contributed by atoms with E-state index in [1.165, 1.54) is 11.1 Å². The molecule has 0 fully saturated rings. The van der Waals surface area contributed by atoms with Crippen LogP contribution in [-0.4, -0.2) is 17.0 Å². The summed E-state index contributed by atoms with van der Waals surface area (Å²) in [5.41, 5.74) is 3.41. The summed E-state index contributed by atoms with van der Waals surface area (Å²) in [6.07, 6.45) is 5.44. The van der Waals surface area contributed by atoms with Crippen molar-refractivity contribution in [3.05, 3.63) is 84.7 Å². The molecule has 2 aromatic carbocycles. The van der Waals surface area contributed by atoms with Gasteiger partial charge in [0.25, 0.3) is 0 Å². The van der Waals surface area contributed by atoms with Crippen LogP contribution in [0.1, 0.15) is 12.0 Å². The van der Waals surface area contributed by atoms with Crippen LogP contribution in [0.2, 0.25) is 0 Å². The first-order chi connectivity index (χ1) is 11.8. The highest BCUT2D eigenvalue weighted by Gasteiger charge is 2.03. The zero-order valence-electron chi connectivity index (χ0n) is 13.7. The Bertz CT molecular complexity index is 746. The molecule has 0 saturated heterocycles. The van der Waals surface area contributed by atoms with Crippen LogP contribution >= 0.6 is 0 Å². The van der Waals surface area contributed by atoms with Crippen LogP contribution < -0.4 is 5.32 Å². The first-order valence-corrected chi connectivity index (χ1v) is 8.33. The normalized spacial score (nSPS) is 10.5. The molecule has 0 aliphatic heterocycles. The number of carbonyl (C=O) groups is 1. The molecule has 1 N–H and O–H groups in total. The van der Waals surface area contributed by atoms with E-state index in [0.29, 0.717) is 13.0 Å². The maximum absolute atomic E-state index is 12.0. The number of nitrogens with one attached hydrogen (secondary N) is 1. The summed E-state index contributed by atoms with van der Waals surface area (Å²) in [5, 5.41) is 2.99. The molecule has 0 spiro atoms. The molecule has 0 aliphatic rings. The van der Waals surface area contributed by atoms with Gasteiger partial charge in [-0.25, -0.2) is 0 Å². The van der Waals surface area contributed by atoms with Crippen LogP contribution in [0.4, 0.5) is 0 Å². The molecule has 0 radical (unpaired) electrons. The van der Waals surface area contributed by atoms with Gasteiger partial charge in [-0.15, -0.1) is 0 Å². The lowest BCUT2D eigenvalue weighted by atomic mass is 10.0. The Hall–Kier alpha value is -2.81. The van der Waals surface area contributed by atoms with Gasteiger partial charge in [-0.05, 0) is 35.2 Å². The Morgan fingerprint density at radius 2 is 1.50 bits per heavy atom. The maximum Gasteiger partial charge on any atom is 0.224 e. The SMILES string of the molecule is O=C(Cc1ccc(-c2ccccc2)cc1)NCCCn1cccc1. The van der Waals surface area contributed by atoms with Crippen molar-refractivity contribution in [3.63, 3.8) is 0 Å². The molecule has 0 aliphatic carbocycles. The van der Waals surface area contributed by atoms with Crippen molar-refractivity contribution in [1.29, 1.82) is 0 Å². The molecule has 3 heteroatoms. The predicted octanol–water partition coefficient (Wildman–Crippen LogP) is 3.90. The van der Waals surface area contributed by atoms with E-state index >= 15 is 0 Å². The summed E-state index contributed by atoms with van der Waals surface area (Å²) in [7, 11) is 0. The highest BCUT2D eigenvalue weighted by atomic mass is 16.1. The molecule has 0 saturated carbocycles. The number of benzene rings is 2. The largest absolute Gasteiger partial charge is 0.356 e. The average molecular weight is 318 g/mol. The van der Waals surface area contributed by atoms with Gasteiger partial charge in [0.05, 0.1) is 6.42 Å². The van der Waals surface area contributed by atoms with Crippen molar-refractivity contribution in [1.82, 2.24) is 9.88 Å². The lowest BCUT2D eigenvalue weighted by molar-refractivity contribution is -0.120. The fourth-order valence-electron chi connectivity index (χ4n) is 2.70. The zero-order chi connectivity index (χ0) is 16.6. The van der Waals surface area contributed by atoms with Gasteiger partial charge in [0, 0.05) is 25.5 Å². The van der Waals surface area contributed by atoms with Crippen LogP contribution in [0.3, 0.4) is 0 Å². The molecular formula is C21H22N2O. The third kappa shape index (κ3) is 4.59. The highest BCUT2D eigenvalue weighted by Crippen LogP contribution is 2.19. The van der Waals surface area contributed by atoms with E-state index in [0.717, 1.165) is 18.5 Å². The van der Waals surface area contributed by atoms with Crippen LogP contribution in [0.25, 0.3) is 11.1 Å². The van der Waals surface area contributed by atoms with Crippen molar-refractivity contribution >= 4 is 5.91 Å². The summed E-state index contributed by atoms with van der Waals surface area (Å²) in [6.45, 7) is 1.64. The number of nitrogens with zero attached hydrogens (tertiary/aromatic N) is 1. The maximum atomic E-state index is 12.0. The quantitative estimate of drug-likeness (QED) is 0.659. The van der Waals surface area contributed by atoms with Crippen LogP contribution in [0.5, 0.6) is 0 Å². The highest BCUT2D eigenvalue weighted by molar-refractivity contribution is 5.78. The van der Waals surface area contributed by atoms with Gasteiger partial charge in [0.1, 0.15) is 0 Å². The van der Waals surface area contributed by atoms with Crippen molar-refractivity contribution in [2.75, 3.05) is 6.54 Å². The Morgan fingerprint density at radius 1 is 0.833 bits per heavy atom. The van der Waals surface area contributed by atoms with E-state index in [1.54, 1.807) is 0 Å². The van der Waals surface area contributed by atoms with E-state index in [1.807, 2.05) is 54.9 Å². The molecule has 0 unspecified atom stereocenters. The summed E-state index contributed by atoms with van der Waals surface area (Å²) >= 11 is 0. The van der Waals surface area contributed by atoms with Crippen molar-refractivity contribution in [2.45, 2.75) is 19.4 Å². The second kappa shape index (κ2) is 8.16. The Balaban J connectivity index is 1.44. The summed E-state index contributed by atoms with van der Waals surface area (Å²) in [5.74, 6) is 0.0787. The molecular weight excluding hydrogens is 296 g/mol. The van der Waals surface area contributed by atoms with Gasteiger partial charge in [-0.1, -0.05) is 54.6 Å². The van der Waals surface area contributed by atoms with E-state index in [9.17, 15) is 4.79 Å². The fourth-order valence-corrected chi connectivity index (χ4v) is 2.70. The molecule has 122 valence electrons. The van der Waals surface area contributed by atoms with Gasteiger partial charge >= 0.3 is 0 Å². The molecule has 3 nitrogen and oxygen atoms in total. The van der Waals surface area contributed by atoms with Crippen molar-refractivity contribution in [2.24, 2.45) is 0 Å². The first kappa shape index (κ1) is 16.1. The summed E-state index contributed by atoms with van der Waals surface area (Å²) < 4.78 is 2.12. The monoisotopic (exact) mass is 318 g/mol. The molecule has 1 heterocycles. The molecule has 0 atom stereocenters. The molecule has 24 heavy (non-hydrogen) atoms. The molecule has 0 bridgehead atoms. The number of aromatic nitrogens is 1. The molecule has 1 amide bonds. The second-order valence-corrected chi connectivity index (χ2v) is 5.86. The third-order valence-electron chi connectivity index (χ3n) is 4.01. The standard InChI is InChI=1S/C21H22N2O/c24-21(22-13-6-16-23-14-4-5-15-23)17-18-9-11-20(12-10-18)19-7-2-1-3-8-19/h1-5,7-12,14-15H,6,13,16-17H2,(H,22,24). The minimum atomic E-state index is 0.0787. The van der Waals surface area contributed by atoms with Crippen LogP contribution in [0.15, 0.2) is 79.1 Å². The first-order valence-electron chi connectivity index (χ1n) is 8.33. The Morgan fingerprint density at radius 3 is 2.21 bits per heavy atom. The lowest BCUT2D eigenvalue weighted by Gasteiger charge is -2.07. The summed E-state index contributed by atoms with van der Waals surface area (Å²) in [6, 6.07) is 22.5. The second-order valence-electron chi connectivity index (χ2n) is 5.86. The van der Waals surface area contributed by atoms with Gasteiger partial charge in [0.2, 0.25) is 5.91 Å². The number of hydrogen-bond acceptors (Lipinski definition) is 1. The van der Waals surface area contributed by atoms with Gasteiger partial charge < -0.3 is 9.88 Å². The van der Waals surface area contributed by atoms with E-state index in [-0.39, 0.29) is 5.91 Å². The Labute approximate surface area is 143 Å². The zero-order valence-corrected chi connectivity index (χ0v) is 13.7. The third-order valence-corrected chi connectivity index (χ3v) is 4.01. The van der Waals surface area contributed by atoms with E-state index < -0.39 is 0 Å². The molecule has 3 rings (SSSR count). The average Bonchev–Trinajstić information content (AvgIpc) is 3.14. The number of carbonyl (C=O) groups excluding carboxylic acids is 1. The van der Waals surface area contributed by atoms with Gasteiger partial charge in [-0.3, -0.25) is 4.79 Å². The topological polar surface area (TPSA) is 34.0 Å². The van der Waals surface area contributed by atoms with Gasteiger partial charge in [0.15, 0.2) is 0 Å². The number of rotatable bonds is 7. The van der Waals surface area contributed by atoms with E-state index in [2.05, 4.69) is 34.1 Å². The molecule has 3 aromatic rings. The number of hydrogen-bond donors (Lipinski definition) is 1. The van der Waals surface area contributed by atoms with Gasteiger partial charge in [-0.2, -0.15) is 0 Å². The van der Waals surface area contributed by atoms with Crippen molar-refractivity contribution in [3.8, 4) is 11.1 Å². The van der Waals surface area contributed by atoms with E-state index in [4.69, 9.17) is 0 Å². The smallest absolute Gasteiger partial charge is 0.224 e. The van der Waals surface area contributed by atoms with Crippen LogP contribution in [0, 0.1) is 0 Å². The predicted molar refractivity (Wildman–Crippen MR) is 97.6 cm³/mol. The molecule has 1 aromatic heterocycles. The van der Waals surface area contributed by atoms with Crippen molar-refractivity contribution < 1.29 is 4.79 Å². The lowest BCUT2D eigenvalue weighted by Crippen LogP contribution is -2.26. The van der Waals surface area contributed by atoms with Crippen LogP contribution in [-0.2, 0) is 17.8 Å². The summed E-state index contributed by atoms with van der Waals surface area (Å²) in [4.78, 5) is 12.0. The minimum absolute atomic E-state index is 0.0787. The fraction of sp³-hybridized carbons (Fsp3) is 0.190. The minimum Gasteiger partial charge on any atom is -0.356 e. The Kier molecular flexibility index (Phi) is 5.46.